The maximum atomic E-state index is 4.29. The molecule has 0 aromatic heterocycles. The van der Waals surface area contributed by atoms with Crippen molar-refractivity contribution in [2.24, 2.45) is 4.99 Å². The van der Waals surface area contributed by atoms with E-state index in [-0.39, 0.29) is 0 Å². The van der Waals surface area contributed by atoms with Crippen LogP contribution in [0.2, 0.25) is 0 Å². The molecule has 0 saturated heterocycles. The molecule has 0 bridgehead atoms. The topological polar surface area (TPSA) is 51.7 Å². The molecule has 0 atom stereocenters. The third-order valence-corrected chi connectivity index (χ3v) is 3.96. The number of rotatable bonds is 10. The van der Waals surface area contributed by atoms with Gasteiger partial charge in [0, 0.05) is 51.0 Å². The summed E-state index contributed by atoms with van der Waals surface area (Å²) in [7, 11) is 1.82. The molecule has 0 radical (unpaired) electrons. The Morgan fingerprint density at radius 3 is 2.17 bits per heavy atom. The fourth-order valence-electron chi connectivity index (χ4n) is 2.72. The van der Waals surface area contributed by atoms with E-state index in [4.69, 9.17) is 0 Å². The van der Waals surface area contributed by atoms with Crippen molar-refractivity contribution in [2.45, 2.75) is 46.2 Å². The van der Waals surface area contributed by atoms with Crippen LogP contribution in [-0.4, -0.2) is 56.2 Å². The number of anilines is 1. The molecule has 0 fully saturated rings. The molecular weight excluding hydrogens is 298 g/mol. The molecule has 0 amide bonds. The molecule has 0 saturated carbocycles. The molecular formula is C19H35N5. The lowest BCUT2D eigenvalue weighted by atomic mass is 10.2. The van der Waals surface area contributed by atoms with Gasteiger partial charge in [0.05, 0.1) is 0 Å². The third-order valence-electron chi connectivity index (χ3n) is 3.96. The van der Waals surface area contributed by atoms with Crippen LogP contribution in [0.4, 0.5) is 5.69 Å². The average molecular weight is 334 g/mol. The largest absolute Gasteiger partial charge is 0.385 e. The van der Waals surface area contributed by atoms with E-state index in [1.54, 1.807) is 0 Å². The monoisotopic (exact) mass is 333 g/mol. The van der Waals surface area contributed by atoms with Crippen LogP contribution in [0.5, 0.6) is 0 Å². The van der Waals surface area contributed by atoms with Crippen molar-refractivity contribution >= 4 is 11.6 Å². The van der Waals surface area contributed by atoms with E-state index in [0.29, 0.717) is 12.1 Å². The van der Waals surface area contributed by atoms with E-state index in [2.05, 4.69) is 65.7 Å². The smallest absolute Gasteiger partial charge is 0.191 e. The Balaban J connectivity index is 2.16. The standard InChI is InChI=1S/C19H35N5/c1-16(2)24(17(3)4)15-14-23-19(20-5)22-13-9-12-21-18-10-7-6-8-11-18/h6-8,10-11,16-17,21H,9,12-15H2,1-5H3,(H2,20,22,23). The van der Waals surface area contributed by atoms with Crippen LogP contribution in [0.25, 0.3) is 0 Å². The van der Waals surface area contributed by atoms with Crippen molar-refractivity contribution in [1.29, 1.82) is 0 Å². The molecule has 0 heterocycles. The SMILES string of the molecule is CN=C(NCCCNc1ccccc1)NCCN(C(C)C)C(C)C. The number of guanidine groups is 1. The van der Waals surface area contributed by atoms with Crippen LogP contribution in [0.3, 0.4) is 0 Å². The van der Waals surface area contributed by atoms with Gasteiger partial charge in [-0.2, -0.15) is 0 Å². The minimum atomic E-state index is 0.561. The predicted molar refractivity (Wildman–Crippen MR) is 106 cm³/mol. The van der Waals surface area contributed by atoms with Crippen LogP contribution in [0, 0.1) is 0 Å². The normalized spacial score (nSPS) is 12.1. The molecule has 1 rings (SSSR count). The highest BCUT2D eigenvalue weighted by Crippen LogP contribution is 2.04. The summed E-state index contributed by atoms with van der Waals surface area (Å²) in [4.78, 5) is 6.76. The molecule has 1 aromatic carbocycles. The van der Waals surface area contributed by atoms with Crippen LogP contribution in [0.1, 0.15) is 34.1 Å². The van der Waals surface area contributed by atoms with Gasteiger partial charge in [0.15, 0.2) is 5.96 Å². The number of nitrogens with zero attached hydrogens (tertiary/aromatic N) is 2. The van der Waals surface area contributed by atoms with Gasteiger partial charge in [-0.05, 0) is 46.2 Å². The maximum absolute atomic E-state index is 4.29. The summed E-state index contributed by atoms with van der Waals surface area (Å²) in [6.07, 6.45) is 1.04. The van der Waals surface area contributed by atoms with Gasteiger partial charge in [-0.25, -0.2) is 0 Å². The van der Waals surface area contributed by atoms with Gasteiger partial charge in [-0.1, -0.05) is 18.2 Å². The van der Waals surface area contributed by atoms with Crippen molar-refractivity contribution < 1.29 is 0 Å². The molecule has 0 spiro atoms. The molecule has 0 aliphatic rings. The first-order chi connectivity index (χ1) is 11.5. The molecule has 5 heteroatoms. The molecule has 136 valence electrons. The lowest BCUT2D eigenvalue weighted by Gasteiger charge is -2.30. The van der Waals surface area contributed by atoms with Crippen molar-refractivity contribution in [1.82, 2.24) is 15.5 Å². The van der Waals surface area contributed by atoms with E-state index >= 15 is 0 Å². The van der Waals surface area contributed by atoms with Crippen molar-refractivity contribution in [3.8, 4) is 0 Å². The first-order valence-electron chi connectivity index (χ1n) is 9.03. The summed E-state index contributed by atoms with van der Waals surface area (Å²) in [5, 5.41) is 10.2. The second kappa shape index (κ2) is 11.7. The Morgan fingerprint density at radius 2 is 1.58 bits per heavy atom. The third kappa shape index (κ3) is 8.20. The number of para-hydroxylation sites is 1. The minimum absolute atomic E-state index is 0.561. The number of nitrogens with one attached hydrogen (secondary N) is 3. The molecule has 5 nitrogen and oxygen atoms in total. The van der Waals surface area contributed by atoms with E-state index in [1.165, 1.54) is 5.69 Å². The first-order valence-corrected chi connectivity index (χ1v) is 9.03. The van der Waals surface area contributed by atoms with E-state index in [0.717, 1.165) is 38.6 Å². The van der Waals surface area contributed by atoms with Gasteiger partial charge >= 0.3 is 0 Å². The number of hydrogen-bond acceptors (Lipinski definition) is 3. The second-order valence-electron chi connectivity index (χ2n) is 6.50. The molecule has 0 aliphatic heterocycles. The van der Waals surface area contributed by atoms with E-state index < -0.39 is 0 Å². The maximum Gasteiger partial charge on any atom is 0.191 e. The Hall–Kier alpha value is -1.75. The van der Waals surface area contributed by atoms with E-state index in [9.17, 15) is 0 Å². The number of hydrogen-bond donors (Lipinski definition) is 3. The van der Waals surface area contributed by atoms with Gasteiger partial charge in [-0.3, -0.25) is 9.89 Å². The summed E-state index contributed by atoms with van der Waals surface area (Å²) in [6.45, 7) is 12.7. The van der Waals surface area contributed by atoms with Gasteiger partial charge in [-0.15, -0.1) is 0 Å². The van der Waals surface area contributed by atoms with Crippen LogP contribution in [-0.2, 0) is 0 Å². The zero-order valence-electron chi connectivity index (χ0n) is 16.0. The summed E-state index contributed by atoms with van der Waals surface area (Å²) >= 11 is 0. The van der Waals surface area contributed by atoms with Gasteiger partial charge in [0.25, 0.3) is 0 Å². The van der Waals surface area contributed by atoms with Crippen LogP contribution >= 0.6 is 0 Å². The quantitative estimate of drug-likeness (QED) is 0.350. The summed E-state index contributed by atoms with van der Waals surface area (Å²) in [5.74, 6) is 0.877. The van der Waals surface area contributed by atoms with Crippen LogP contribution in [0.15, 0.2) is 35.3 Å². The summed E-state index contributed by atoms with van der Waals surface area (Å²) in [5.41, 5.74) is 1.17. The number of aliphatic imine (C=N–C) groups is 1. The predicted octanol–water partition coefficient (Wildman–Crippen LogP) is 2.77. The summed E-state index contributed by atoms with van der Waals surface area (Å²) in [6, 6.07) is 11.4. The lowest BCUT2D eigenvalue weighted by Crippen LogP contribution is -2.45. The molecule has 0 unspecified atom stereocenters. The average Bonchev–Trinajstić information content (AvgIpc) is 2.56. The van der Waals surface area contributed by atoms with Crippen LogP contribution < -0.4 is 16.0 Å². The number of benzene rings is 1. The molecule has 3 N–H and O–H groups in total. The Morgan fingerprint density at radius 1 is 0.958 bits per heavy atom. The Kier molecular flexibility index (Phi) is 9.92. The highest BCUT2D eigenvalue weighted by Gasteiger charge is 2.12. The van der Waals surface area contributed by atoms with Crippen molar-refractivity contribution in [3.05, 3.63) is 30.3 Å². The van der Waals surface area contributed by atoms with Gasteiger partial charge in [0.1, 0.15) is 0 Å². The molecule has 0 aliphatic carbocycles. The first kappa shape index (κ1) is 20.3. The second-order valence-corrected chi connectivity index (χ2v) is 6.50. The fourth-order valence-corrected chi connectivity index (χ4v) is 2.72. The summed E-state index contributed by atoms with van der Waals surface area (Å²) < 4.78 is 0. The van der Waals surface area contributed by atoms with Crippen molar-refractivity contribution in [2.75, 3.05) is 38.5 Å². The Bertz CT molecular complexity index is 448. The minimum Gasteiger partial charge on any atom is -0.385 e. The fraction of sp³-hybridized carbons (Fsp3) is 0.632. The zero-order chi connectivity index (χ0) is 17.8. The lowest BCUT2D eigenvalue weighted by molar-refractivity contribution is 0.178. The van der Waals surface area contributed by atoms with Gasteiger partial charge in [0.2, 0.25) is 0 Å². The van der Waals surface area contributed by atoms with E-state index in [1.807, 2.05) is 25.2 Å². The molecule has 1 aromatic rings. The van der Waals surface area contributed by atoms with Gasteiger partial charge < -0.3 is 16.0 Å². The molecule has 24 heavy (non-hydrogen) atoms. The Labute approximate surface area is 147 Å². The van der Waals surface area contributed by atoms with Crippen molar-refractivity contribution in [3.63, 3.8) is 0 Å². The highest BCUT2D eigenvalue weighted by atomic mass is 15.2. The zero-order valence-corrected chi connectivity index (χ0v) is 16.0. The highest BCUT2D eigenvalue weighted by molar-refractivity contribution is 5.79.